The molecule has 2 nitrogen and oxygen atoms in total. The van der Waals surface area contributed by atoms with Crippen LogP contribution in [-0.4, -0.2) is 36.0 Å². The van der Waals surface area contributed by atoms with Gasteiger partial charge < -0.3 is 9.80 Å². The van der Waals surface area contributed by atoms with E-state index in [2.05, 4.69) is 21.9 Å². The highest BCUT2D eigenvalue weighted by atomic mass is 15.3. The lowest BCUT2D eigenvalue weighted by Crippen LogP contribution is -2.45. The van der Waals surface area contributed by atoms with Crippen molar-refractivity contribution in [1.82, 2.24) is 9.80 Å². The molecule has 0 spiro atoms. The second-order valence-electron chi connectivity index (χ2n) is 2.20. The van der Waals surface area contributed by atoms with Gasteiger partial charge >= 0.3 is 0 Å². The van der Waals surface area contributed by atoms with Crippen molar-refractivity contribution < 1.29 is 0 Å². The molecule has 0 aliphatic carbocycles. The van der Waals surface area contributed by atoms with Gasteiger partial charge in [-0.05, 0) is 0 Å². The Morgan fingerprint density at radius 3 is 1.25 bits per heavy atom. The van der Waals surface area contributed by atoms with Gasteiger partial charge in [0.2, 0.25) is 0 Å². The summed E-state index contributed by atoms with van der Waals surface area (Å²) in [6, 6.07) is 6.06. The molecule has 0 atom stereocenters. The van der Waals surface area contributed by atoms with Crippen LogP contribution < -0.4 is 0 Å². The molecule has 0 N–H and O–H groups in total. The maximum Gasteiger partial charge on any atom is 0.0445 e. The van der Waals surface area contributed by atoms with E-state index in [-0.39, 0.29) is 0 Å². The minimum atomic E-state index is 1.15. The van der Waals surface area contributed by atoms with Crippen LogP contribution in [0.4, 0.5) is 0 Å². The highest BCUT2D eigenvalue weighted by Gasteiger charge is 2.15. The van der Waals surface area contributed by atoms with E-state index in [4.69, 9.17) is 0 Å². The normalized spacial score (nSPS) is 23.0. The Morgan fingerprint density at radius 1 is 0.750 bits per heavy atom. The Kier molecular flexibility index (Phi) is 0.672. The fraction of sp³-hybridized carbons (Fsp3) is 0.667. The predicted molar refractivity (Wildman–Crippen MR) is 30.9 cm³/mol. The summed E-state index contributed by atoms with van der Waals surface area (Å²) in [5.41, 5.74) is 0. The first kappa shape index (κ1) is 4.08. The molecule has 42 valence electrons. The molecule has 2 heteroatoms. The van der Waals surface area contributed by atoms with E-state index in [0.717, 1.165) is 26.2 Å². The van der Waals surface area contributed by atoms with Crippen LogP contribution in [0, 0.1) is 12.1 Å². The summed E-state index contributed by atoms with van der Waals surface area (Å²) in [6.07, 6.45) is 0. The van der Waals surface area contributed by atoms with Crippen LogP contribution >= 0.6 is 0 Å². The van der Waals surface area contributed by atoms with Gasteiger partial charge in [-0.1, -0.05) is 0 Å². The Balaban J connectivity index is 2.27. The smallest absolute Gasteiger partial charge is 0.0445 e. The minimum absolute atomic E-state index is 1.15. The van der Waals surface area contributed by atoms with E-state index in [0.29, 0.717) is 0 Å². The van der Waals surface area contributed by atoms with Crippen molar-refractivity contribution in [1.29, 1.82) is 0 Å². The van der Waals surface area contributed by atoms with Crippen molar-refractivity contribution in [2.45, 2.75) is 0 Å². The lowest BCUT2D eigenvalue weighted by Gasteiger charge is -2.33. The van der Waals surface area contributed by atoms with Gasteiger partial charge in [0.1, 0.15) is 0 Å². The molecule has 8 heavy (non-hydrogen) atoms. The standard InChI is InChI=1S/C6H8N2/c1-2-8-5-3-7(1)4-6-8/h1-3,5H2. The second kappa shape index (κ2) is 1.32. The maximum absolute atomic E-state index is 3.03. The molecule has 0 amide bonds. The van der Waals surface area contributed by atoms with E-state index >= 15 is 0 Å². The van der Waals surface area contributed by atoms with Gasteiger partial charge in [0.15, 0.2) is 0 Å². The third-order valence-electron chi connectivity index (χ3n) is 1.65. The molecule has 0 saturated carbocycles. The molecular formula is C6H8N2. The van der Waals surface area contributed by atoms with Gasteiger partial charge in [-0.2, -0.15) is 0 Å². The number of rotatable bonds is 0. The van der Waals surface area contributed by atoms with Gasteiger partial charge in [0, 0.05) is 38.3 Å². The predicted octanol–water partition coefficient (Wildman–Crippen LogP) is -0.464. The number of piperazine rings is 1. The highest BCUT2D eigenvalue weighted by molar-refractivity contribution is 5.06. The topological polar surface area (TPSA) is 6.48 Å². The average Bonchev–Trinajstić information content (AvgIpc) is 1.92. The zero-order chi connectivity index (χ0) is 5.40. The molecule has 0 unspecified atom stereocenters. The fourth-order valence-electron chi connectivity index (χ4n) is 1.07. The van der Waals surface area contributed by atoms with E-state index < -0.39 is 0 Å². The summed E-state index contributed by atoms with van der Waals surface area (Å²) < 4.78 is 0. The molecule has 0 aromatic heterocycles. The lowest BCUT2D eigenvalue weighted by atomic mass is 10.3. The molecule has 3 rings (SSSR count). The molecule has 0 aromatic carbocycles. The van der Waals surface area contributed by atoms with Crippen LogP contribution in [0.3, 0.4) is 0 Å². The number of nitrogens with zero attached hydrogens (tertiary/aromatic N) is 2. The molecule has 2 bridgehead atoms. The largest absolute Gasteiger partial charge is 0.328 e. The van der Waals surface area contributed by atoms with Crippen LogP contribution in [0.25, 0.3) is 0 Å². The molecule has 3 aliphatic heterocycles. The number of fused-ring (bicyclic) bond motifs is 2. The Labute approximate surface area is 49.1 Å². The number of hydrogen-bond donors (Lipinski definition) is 0. The van der Waals surface area contributed by atoms with Crippen molar-refractivity contribution in [3.8, 4) is 12.1 Å². The zero-order valence-electron chi connectivity index (χ0n) is 4.72. The first-order valence-electron chi connectivity index (χ1n) is 2.96. The van der Waals surface area contributed by atoms with Crippen molar-refractivity contribution >= 4 is 0 Å². The van der Waals surface area contributed by atoms with Crippen LogP contribution in [0.2, 0.25) is 0 Å². The Morgan fingerprint density at radius 2 is 1.12 bits per heavy atom. The van der Waals surface area contributed by atoms with Crippen molar-refractivity contribution in [2.75, 3.05) is 26.2 Å². The Bertz CT molecular complexity index is 130. The quantitative estimate of drug-likeness (QED) is 0.387. The van der Waals surface area contributed by atoms with Gasteiger partial charge in [0.05, 0.1) is 0 Å². The van der Waals surface area contributed by atoms with E-state index in [9.17, 15) is 0 Å². The summed E-state index contributed by atoms with van der Waals surface area (Å²) in [6.45, 7) is 4.58. The molecule has 1 saturated heterocycles. The molecule has 1 fully saturated rings. The van der Waals surface area contributed by atoms with Crippen LogP contribution in [0.1, 0.15) is 0 Å². The van der Waals surface area contributed by atoms with Crippen LogP contribution in [0.15, 0.2) is 0 Å². The summed E-state index contributed by atoms with van der Waals surface area (Å²) in [4.78, 5) is 4.36. The van der Waals surface area contributed by atoms with Crippen molar-refractivity contribution in [3.05, 3.63) is 0 Å². The molecule has 0 radical (unpaired) electrons. The first-order valence-corrected chi connectivity index (χ1v) is 2.96. The van der Waals surface area contributed by atoms with Gasteiger partial charge in [0.25, 0.3) is 0 Å². The number of hydrogen-bond acceptors (Lipinski definition) is 2. The van der Waals surface area contributed by atoms with Gasteiger partial charge in [-0.15, -0.1) is 0 Å². The van der Waals surface area contributed by atoms with Gasteiger partial charge in [-0.25, -0.2) is 0 Å². The third kappa shape index (κ3) is 0.445. The average molecular weight is 108 g/mol. The fourth-order valence-corrected chi connectivity index (χ4v) is 1.07. The molecular weight excluding hydrogens is 100 g/mol. The van der Waals surface area contributed by atoms with Crippen molar-refractivity contribution in [3.63, 3.8) is 0 Å². The second-order valence-corrected chi connectivity index (χ2v) is 2.20. The maximum atomic E-state index is 3.03. The first-order chi connectivity index (χ1) is 3.95. The minimum Gasteiger partial charge on any atom is -0.328 e. The summed E-state index contributed by atoms with van der Waals surface area (Å²) >= 11 is 0. The molecule has 3 heterocycles. The van der Waals surface area contributed by atoms with E-state index in [1.54, 1.807) is 0 Å². The SMILES string of the molecule is C1#CN2CCN1CC2. The molecule has 3 aliphatic rings. The summed E-state index contributed by atoms with van der Waals surface area (Å²) in [5.74, 6) is 0. The van der Waals surface area contributed by atoms with Crippen molar-refractivity contribution in [2.24, 2.45) is 0 Å². The molecule has 0 aromatic rings. The zero-order valence-corrected chi connectivity index (χ0v) is 4.72. The van der Waals surface area contributed by atoms with E-state index in [1.807, 2.05) is 0 Å². The van der Waals surface area contributed by atoms with Gasteiger partial charge in [-0.3, -0.25) is 0 Å². The summed E-state index contributed by atoms with van der Waals surface area (Å²) in [7, 11) is 0. The lowest BCUT2D eigenvalue weighted by molar-refractivity contribution is 0.216. The highest BCUT2D eigenvalue weighted by Crippen LogP contribution is 2.02. The van der Waals surface area contributed by atoms with E-state index in [1.165, 1.54) is 0 Å². The van der Waals surface area contributed by atoms with Crippen LogP contribution in [-0.2, 0) is 0 Å². The summed E-state index contributed by atoms with van der Waals surface area (Å²) in [5, 5.41) is 0. The Hall–Kier alpha value is -0.840. The van der Waals surface area contributed by atoms with Crippen LogP contribution in [0.5, 0.6) is 0 Å². The monoisotopic (exact) mass is 108 g/mol. The third-order valence-corrected chi connectivity index (χ3v) is 1.65.